The molecule has 1 aliphatic rings. The Bertz CT molecular complexity index is 855. The lowest BCUT2D eigenvalue weighted by atomic mass is 9.90. The monoisotopic (exact) mass is 367 g/mol. The number of nitrogens with one attached hydrogen (secondary N) is 1. The fourth-order valence-corrected chi connectivity index (χ4v) is 3.27. The quantitative estimate of drug-likeness (QED) is 0.797. The number of anilines is 1. The Morgan fingerprint density at radius 3 is 2.59 bits per heavy atom. The Morgan fingerprint density at radius 2 is 1.89 bits per heavy atom. The second kappa shape index (κ2) is 7.94. The van der Waals surface area contributed by atoms with Crippen LogP contribution < -0.4 is 11.1 Å². The van der Waals surface area contributed by atoms with Crippen LogP contribution in [-0.4, -0.2) is 39.1 Å². The molecule has 2 aromatic heterocycles. The van der Waals surface area contributed by atoms with Crippen LogP contribution >= 0.6 is 0 Å². The summed E-state index contributed by atoms with van der Waals surface area (Å²) in [4.78, 5) is 46.1. The molecule has 27 heavy (non-hydrogen) atoms. The van der Waals surface area contributed by atoms with E-state index in [4.69, 9.17) is 5.73 Å². The van der Waals surface area contributed by atoms with E-state index in [0.29, 0.717) is 12.5 Å². The zero-order valence-corrected chi connectivity index (χ0v) is 15.0. The number of carbonyl (C=O) groups excluding carboxylic acids is 3. The summed E-state index contributed by atoms with van der Waals surface area (Å²) in [6, 6.07) is 4.94. The van der Waals surface area contributed by atoms with Crippen molar-refractivity contribution in [3.05, 3.63) is 54.1 Å². The molecule has 2 unspecified atom stereocenters. The molecule has 1 fully saturated rings. The maximum Gasteiger partial charge on any atom is 0.313 e. The van der Waals surface area contributed by atoms with Crippen molar-refractivity contribution >= 4 is 23.4 Å². The third kappa shape index (κ3) is 4.28. The van der Waals surface area contributed by atoms with Crippen LogP contribution in [0.2, 0.25) is 0 Å². The van der Waals surface area contributed by atoms with Gasteiger partial charge in [0, 0.05) is 25.1 Å². The van der Waals surface area contributed by atoms with E-state index in [0.717, 1.165) is 18.4 Å². The number of hydrogen-bond acceptors (Lipinski definition) is 5. The molecule has 0 spiro atoms. The molecule has 1 aliphatic heterocycles. The molecular formula is C19H21N5O3. The minimum atomic E-state index is -0.772. The van der Waals surface area contributed by atoms with Gasteiger partial charge in [-0.15, -0.1) is 0 Å². The van der Waals surface area contributed by atoms with Gasteiger partial charge in [0.2, 0.25) is 5.91 Å². The maximum atomic E-state index is 12.8. The zero-order chi connectivity index (χ0) is 19.4. The highest BCUT2D eigenvalue weighted by molar-refractivity contribution is 6.39. The molecule has 140 valence electrons. The first kappa shape index (κ1) is 18.5. The van der Waals surface area contributed by atoms with Gasteiger partial charge in [0.1, 0.15) is 0 Å². The van der Waals surface area contributed by atoms with Crippen molar-refractivity contribution in [1.29, 1.82) is 0 Å². The van der Waals surface area contributed by atoms with Crippen molar-refractivity contribution in [1.82, 2.24) is 14.9 Å². The van der Waals surface area contributed by atoms with Crippen molar-refractivity contribution in [2.75, 3.05) is 11.9 Å². The number of pyridine rings is 2. The molecule has 3 amide bonds. The molecular weight excluding hydrogens is 346 g/mol. The van der Waals surface area contributed by atoms with Gasteiger partial charge in [-0.25, -0.2) is 0 Å². The highest BCUT2D eigenvalue weighted by atomic mass is 16.2. The lowest BCUT2D eigenvalue weighted by Crippen LogP contribution is -2.46. The average Bonchev–Trinajstić information content (AvgIpc) is 2.68. The predicted molar refractivity (Wildman–Crippen MR) is 98.5 cm³/mol. The highest BCUT2D eigenvalue weighted by Crippen LogP contribution is 2.33. The normalized spacial score (nSPS) is 19.4. The molecule has 2 atom stereocenters. The maximum absolute atomic E-state index is 12.8. The Hall–Kier alpha value is -3.29. The van der Waals surface area contributed by atoms with Gasteiger partial charge in [0.05, 0.1) is 23.5 Å². The second-order valence-electron chi connectivity index (χ2n) is 6.72. The van der Waals surface area contributed by atoms with Crippen molar-refractivity contribution < 1.29 is 14.4 Å². The van der Waals surface area contributed by atoms with Crippen LogP contribution in [0.3, 0.4) is 0 Å². The van der Waals surface area contributed by atoms with Gasteiger partial charge in [0.25, 0.3) is 0 Å². The number of nitrogens with two attached hydrogens (primary N) is 1. The molecule has 0 aromatic carbocycles. The molecule has 0 saturated carbocycles. The van der Waals surface area contributed by atoms with Crippen LogP contribution in [-0.2, 0) is 9.59 Å². The number of rotatable bonds is 3. The summed E-state index contributed by atoms with van der Waals surface area (Å²) in [6.07, 6.45) is 7.77. The van der Waals surface area contributed by atoms with Crippen molar-refractivity contribution in [2.45, 2.75) is 25.8 Å². The van der Waals surface area contributed by atoms with E-state index in [2.05, 4.69) is 22.2 Å². The number of aromatic nitrogens is 2. The lowest BCUT2D eigenvalue weighted by Gasteiger charge is -2.38. The van der Waals surface area contributed by atoms with E-state index < -0.39 is 17.7 Å². The molecule has 8 heteroatoms. The van der Waals surface area contributed by atoms with Gasteiger partial charge in [-0.1, -0.05) is 6.92 Å². The van der Waals surface area contributed by atoms with Crippen LogP contribution in [0.25, 0.3) is 0 Å². The molecule has 0 bridgehead atoms. The first-order valence-electron chi connectivity index (χ1n) is 8.72. The van der Waals surface area contributed by atoms with E-state index >= 15 is 0 Å². The van der Waals surface area contributed by atoms with Crippen LogP contribution in [0.5, 0.6) is 0 Å². The number of hydrogen-bond donors (Lipinski definition) is 2. The number of likely N-dealkylation sites (tertiary alicyclic amines) is 1. The van der Waals surface area contributed by atoms with Crippen molar-refractivity contribution in [3.63, 3.8) is 0 Å². The van der Waals surface area contributed by atoms with Crippen molar-refractivity contribution in [2.24, 2.45) is 11.7 Å². The van der Waals surface area contributed by atoms with Crippen LogP contribution in [0, 0.1) is 5.92 Å². The smallest absolute Gasteiger partial charge is 0.313 e. The van der Waals surface area contributed by atoms with Gasteiger partial charge in [-0.3, -0.25) is 24.4 Å². The summed E-state index contributed by atoms with van der Waals surface area (Å²) in [5.41, 5.74) is 6.57. The van der Waals surface area contributed by atoms with Crippen LogP contribution in [0.1, 0.15) is 41.7 Å². The number of carbonyl (C=O) groups is 3. The lowest BCUT2D eigenvalue weighted by molar-refractivity contribution is -0.146. The van der Waals surface area contributed by atoms with E-state index in [-0.39, 0.29) is 17.3 Å². The van der Waals surface area contributed by atoms with E-state index in [1.165, 1.54) is 18.5 Å². The molecule has 0 radical (unpaired) electrons. The molecule has 3 rings (SSSR count). The topological polar surface area (TPSA) is 118 Å². The Labute approximate surface area is 156 Å². The number of piperidine rings is 1. The second-order valence-corrected chi connectivity index (χ2v) is 6.72. The Morgan fingerprint density at radius 1 is 1.15 bits per heavy atom. The molecule has 0 aliphatic carbocycles. The summed E-state index contributed by atoms with van der Waals surface area (Å²) in [5.74, 6) is -1.74. The van der Waals surface area contributed by atoms with Crippen LogP contribution in [0.15, 0.2) is 43.0 Å². The van der Waals surface area contributed by atoms with Gasteiger partial charge in [-0.2, -0.15) is 0 Å². The number of amides is 3. The summed E-state index contributed by atoms with van der Waals surface area (Å²) in [6.45, 7) is 2.56. The fraction of sp³-hybridized carbons (Fsp3) is 0.316. The fourth-order valence-electron chi connectivity index (χ4n) is 3.27. The zero-order valence-electron chi connectivity index (χ0n) is 15.0. The minimum Gasteiger partial charge on any atom is -0.366 e. The first-order chi connectivity index (χ1) is 13.0. The van der Waals surface area contributed by atoms with E-state index in [1.807, 2.05) is 12.1 Å². The molecule has 8 nitrogen and oxygen atoms in total. The van der Waals surface area contributed by atoms with E-state index in [1.54, 1.807) is 17.3 Å². The Kier molecular flexibility index (Phi) is 5.44. The summed E-state index contributed by atoms with van der Waals surface area (Å²) < 4.78 is 0. The predicted octanol–water partition coefficient (Wildman–Crippen LogP) is 1.51. The number of nitrogens with zero attached hydrogens (tertiary/aromatic N) is 3. The third-order valence-electron chi connectivity index (χ3n) is 4.64. The summed E-state index contributed by atoms with van der Waals surface area (Å²) in [5, 5.41) is 2.51. The average molecular weight is 367 g/mol. The largest absolute Gasteiger partial charge is 0.366 e. The van der Waals surface area contributed by atoms with Gasteiger partial charge in [-0.05, 0) is 42.5 Å². The molecule has 2 aromatic rings. The highest BCUT2D eigenvalue weighted by Gasteiger charge is 2.34. The van der Waals surface area contributed by atoms with E-state index in [9.17, 15) is 14.4 Å². The number of primary amides is 1. The third-order valence-corrected chi connectivity index (χ3v) is 4.64. The first-order valence-corrected chi connectivity index (χ1v) is 8.72. The van der Waals surface area contributed by atoms with Gasteiger partial charge >= 0.3 is 11.8 Å². The standard InChI is InChI=1S/C19H21N5O3/c1-12-2-3-16(13-4-6-21-7-5-13)24(11-12)19(27)18(26)23-15-8-14(17(20)25)9-22-10-15/h4-10,12,16H,2-3,11H2,1H3,(H2,20,25)(H,23,26). The molecule has 3 N–H and O–H groups in total. The van der Waals surface area contributed by atoms with Gasteiger partial charge < -0.3 is 16.0 Å². The molecule has 1 saturated heterocycles. The summed E-state index contributed by atoms with van der Waals surface area (Å²) in [7, 11) is 0. The molecule has 3 heterocycles. The minimum absolute atomic E-state index is 0.154. The SMILES string of the molecule is CC1CCC(c2ccncc2)N(C(=O)C(=O)Nc2cncc(C(N)=O)c2)C1. The summed E-state index contributed by atoms with van der Waals surface area (Å²) >= 11 is 0. The van der Waals surface area contributed by atoms with Crippen LogP contribution in [0.4, 0.5) is 5.69 Å². The van der Waals surface area contributed by atoms with Crippen molar-refractivity contribution in [3.8, 4) is 0 Å². The Balaban J connectivity index is 1.78. The van der Waals surface area contributed by atoms with Gasteiger partial charge in [0.15, 0.2) is 0 Å².